The second-order valence-corrected chi connectivity index (χ2v) is 8.65. The molecule has 1 aromatic heterocycles. The van der Waals surface area contributed by atoms with Gasteiger partial charge in [0.1, 0.15) is 11.6 Å². The molecule has 0 fully saturated rings. The first-order valence-corrected chi connectivity index (χ1v) is 11.0. The van der Waals surface area contributed by atoms with Crippen LogP contribution in [0.1, 0.15) is 40.0 Å². The monoisotopic (exact) mass is 476 g/mol. The Kier molecular flexibility index (Phi) is 5.47. The molecule has 0 saturated carbocycles. The molecule has 0 saturated heterocycles. The van der Waals surface area contributed by atoms with E-state index in [1.807, 2.05) is 29.2 Å². The van der Waals surface area contributed by atoms with E-state index in [2.05, 4.69) is 5.32 Å². The van der Waals surface area contributed by atoms with E-state index in [-0.39, 0.29) is 22.2 Å². The molecular formula is C26H22F2N4O3. The third-order valence-corrected chi connectivity index (χ3v) is 6.33. The molecule has 178 valence electrons. The van der Waals surface area contributed by atoms with Crippen molar-refractivity contribution < 1.29 is 18.7 Å². The van der Waals surface area contributed by atoms with E-state index < -0.39 is 23.6 Å². The Morgan fingerprint density at radius 1 is 1.06 bits per heavy atom. The number of rotatable bonds is 5. The molecule has 0 bridgehead atoms. The van der Waals surface area contributed by atoms with E-state index in [1.54, 1.807) is 14.0 Å². The highest BCUT2D eigenvalue weighted by molar-refractivity contribution is 5.94. The van der Waals surface area contributed by atoms with Crippen LogP contribution in [0.25, 0.3) is 10.9 Å². The van der Waals surface area contributed by atoms with Gasteiger partial charge in [-0.3, -0.25) is 9.36 Å². The third-order valence-electron chi connectivity index (χ3n) is 6.33. The standard InChI is InChI=1S/C26H22F2N4O3/c1-14(29-22-8-7-17(27)9-20(22)25(34)35)19-10-18(28)11-21-23(19)30-26(31(2)24(21)33)32-12-15-5-3-4-6-16(15)13-32/h3-11,14,29H,12-13H2,1-2H3,(H,34,35)/t14-/m1/s1. The number of hydrogen-bond donors (Lipinski definition) is 2. The van der Waals surface area contributed by atoms with Gasteiger partial charge >= 0.3 is 5.97 Å². The Labute approximate surface area is 199 Å². The highest BCUT2D eigenvalue weighted by atomic mass is 19.1. The molecule has 0 aliphatic carbocycles. The minimum atomic E-state index is -1.30. The smallest absolute Gasteiger partial charge is 0.337 e. The van der Waals surface area contributed by atoms with Crippen molar-refractivity contribution in [3.05, 3.63) is 98.8 Å². The van der Waals surface area contributed by atoms with Crippen molar-refractivity contribution in [1.82, 2.24) is 9.55 Å². The summed E-state index contributed by atoms with van der Waals surface area (Å²) in [7, 11) is 1.61. The summed E-state index contributed by atoms with van der Waals surface area (Å²) < 4.78 is 29.6. The number of aromatic carboxylic acids is 1. The molecule has 5 rings (SSSR count). The molecule has 1 aliphatic rings. The van der Waals surface area contributed by atoms with Gasteiger partial charge in [0.15, 0.2) is 0 Å². The summed E-state index contributed by atoms with van der Waals surface area (Å²) in [6, 6.07) is 13.2. The van der Waals surface area contributed by atoms with Crippen LogP contribution in [-0.4, -0.2) is 20.6 Å². The lowest BCUT2D eigenvalue weighted by molar-refractivity contribution is 0.0697. The Morgan fingerprint density at radius 2 is 1.74 bits per heavy atom. The topological polar surface area (TPSA) is 87.5 Å². The molecule has 9 heteroatoms. The van der Waals surface area contributed by atoms with E-state index in [4.69, 9.17) is 4.98 Å². The summed E-state index contributed by atoms with van der Waals surface area (Å²) >= 11 is 0. The van der Waals surface area contributed by atoms with Gasteiger partial charge in [-0.15, -0.1) is 0 Å². The Morgan fingerprint density at radius 3 is 2.40 bits per heavy atom. The lowest BCUT2D eigenvalue weighted by Crippen LogP contribution is -2.28. The first-order chi connectivity index (χ1) is 16.7. The molecular weight excluding hydrogens is 454 g/mol. The quantitative estimate of drug-likeness (QED) is 0.438. The Hall–Kier alpha value is -4.27. The van der Waals surface area contributed by atoms with Gasteiger partial charge in [-0.25, -0.2) is 18.6 Å². The van der Waals surface area contributed by atoms with Gasteiger partial charge < -0.3 is 15.3 Å². The van der Waals surface area contributed by atoms with Gasteiger partial charge in [-0.1, -0.05) is 24.3 Å². The number of halogens is 2. The van der Waals surface area contributed by atoms with Crippen LogP contribution in [-0.2, 0) is 20.1 Å². The fourth-order valence-electron chi connectivity index (χ4n) is 4.57. The molecule has 0 radical (unpaired) electrons. The molecule has 4 aromatic rings. The molecule has 7 nitrogen and oxygen atoms in total. The lowest BCUT2D eigenvalue weighted by Gasteiger charge is -2.22. The van der Waals surface area contributed by atoms with E-state index in [0.29, 0.717) is 30.1 Å². The predicted octanol–water partition coefficient (Wildman–Crippen LogP) is 4.60. The maximum atomic E-state index is 14.6. The number of nitrogens with one attached hydrogen (secondary N) is 1. The summed E-state index contributed by atoms with van der Waals surface area (Å²) in [5.41, 5.74) is 2.53. The normalized spacial score (nSPS) is 13.7. The molecule has 2 N–H and O–H groups in total. The number of carboxylic acids is 1. The van der Waals surface area contributed by atoms with Crippen LogP contribution < -0.4 is 15.8 Å². The molecule has 1 aliphatic heterocycles. The molecule has 0 unspecified atom stereocenters. The van der Waals surface area contributed by atoms with E-state index in [0.717, 1.165) is 29.3 Å². The number of anilines is 2. The molecule has 35 heavy (non-hydrogen) atoms. The summed E-state index contributed by atoms with van der Waals surface area (Å²) in [5, 5.41) is 12.6. The number of benzene rings is 3. The number of carbonyl (C=O) groups is 1. The van der Waals surface area contributed by atoms with Gasteiger partial charge in [-0.2, -0.15) is 0 Å². The number of hydrogen-bond acceptors (Lipinski definition) is 5. The van der Waals surface area contributed by atoms with Crippen molar-refractivity contribution >= 4 is 28.5 Å². The zero-order chi connectivity index (χ0) is 24.9. The van der Waals surface area contributed by atoms with Crippen LogP contribution in [0, 0.1) is 11.6 Å². The number of carboxylic acid groups (broad SMARTS) is 1. The SMILES string of the molecule is C[C@@H](Nc1ccc(F)cc1C(=O)O)c1cc(F)cc2c(=O)n(C)c(N3Cc4ccccc4C3)nc12. The lowest BCUT2D eigenvalue weighted by atomic mass is 10.0. The second-order valence-electron chi connectivity index (χ2n) is 8.65. The van der Waals surface area contributed by atoms with E-state index in [1.165, 1.54) is 16.7 Å². The number of aromatic nitrogens is 2. The van der Waals surface area contributed by atoms with Crippen molar-refractivity contribution in [3.63, 3.8) is 0 Å². The largest absolute Gasteiger partial charge is 0.478 e. The zero-order valence-electron chi connectivity index (χ0n) is 19.0. The highest BCUT2D eigenvalue weighted by Gasteiger charge is 2.25. The molecule has 1 atom stereocenters. The first kappa shape index (κ1) is 22.5. The fraction of sp³-hybridized carbons (Fsp3) is 0.192. The molecule has 2 heterocycles. The third kappa shape index (κ3) is 3.99. The van der Waals surface area contributed by atoms with E-state index >= 15 is 0 Å². The molecule has 0 amide bonds. The summed E-state index contributed by atoms with van der Waals surface area (Å²) in [6.07, 6.45) is 0. The van der Waals surface area contributed by atoms with Crippen molar-refractivity contribution in [2.45, 2.75) is 26.1 Å². The Balaban J connectivity index is 1.60. The van der Waals surface area contributed by atoms with Gasteiger partial charge in [-0.05, 0) is 48.4 Å². The van der Waals surface area contributed by atoms with Crippen LogP contribution >= 0.6 is 0 Å². The first-order valence-electron chi connectivity index (χ1n) is 11.0. The molecule has 3 aromatic carbocycles. The van der Waals surface area contributed by atoms with Crippen molar-refractivity contribution in [2.75, 3.05) is 10.2 Å². The van der Waals surface area contributed by atoms with E-state index in [9.17, 15) is 23.5 Å². The second kappa shape index (κ2) is 8.50. The van der Waals surface area contributed by atoms with Crippen molar-refractivity contribution in [2.24, 2.45) is 7.05 Å². The van der Waals surface area contributed by atoms with Crippen LogP contribution in [0.5, 0.6) is 0 Å². The van der Waals surface area contributed by atoms with Crippen LogP contribution in [0.3, 0.4) is 0 Å². The number of nitrogens with zero attached hydrogens (tertiary/aromatic N) is 3. The van der Waals surface area contributed by atoms with Gasteiger partial charge in [0.25, 0.3) is 5.56 Å². The maximum absolute atomic E-state index is 14.6. The minimum Gasteiger partial charge on any atom is -0.478 e. The van der Waals surface area contributed by atoms with Crippen molar-refractivity contribution in [3.8, 4) is 0 Å². The predicted molar refractivity (Wildman–Crippen MR) is 129 cm³/mol. The van der Waals surface area contributed by atoms with Gasteiger partial charge in [0, 0.05) is 31.4 Å². The van der Waals surface area contributed by atoms with Gasteiger partial charge in [0.05, 0.1) is 22.5 Å². The summed E-state index contributed by atoms with van der Waals surface area (Å²) in [4.78, 5) is 31.6. The van der Waals surface area contributed by atoms with Crippen LogP contribution in [0.15, 0.2) is 59.4 Å². The summed E-state index contributed by atoms with van der Waals surface area (Å²) in [6.45, 7) is 2.88. The fourth-order valence-corrected chi connectivity index (χ4v) is 4.57. The minimum absolute atomic E-state index is 0.120. The maximum Gasteiger partial charge on any atom is 0.337 e. The van der Waals surface area contributed by atoms with Crippen LogP contribution in [0.4, 0.5) is 20.4 Å². The highest BCUT2D eigenvalue weighted by Crippen LogP contribution is 2.31. The Bertz CT molecular complexity index is 1530. The number of fused-ring (bicyclic) bond motifs is 2. The van der Waals surface area contributed by atoms with Crippen molar-refractivity contribution in [1.29, 1.82) is 0 Å². The average Bonchev–Trinajstić information content (AvgIpc) is 3.26. The zero-order valence-corrected chi connectivity index (χ0v) is 19.0. The molecule has 0 spiro atoms. The average molecular weight is 476 g/mol. The van der Waals surface area contributed by atoms with Crippen LogP contribution in [0.2, 0.25) is 0 Å². The van der Waals surface area contributed by atoms with Gasteiger partial charge in [0.2, 0.25) is 5.95 Å². The summed E-state index contributed by atoms with van der Waals surface area (Å²) in [5.74, 6) is -2.14.